The van der Waals surface area contributed by atoms with E-state index in [1.54, 1.807) is 12.2 Å². The van der Waals surface area contributed by atoms with Crippen molar-refractivity contribution >= 4 is 46.6 Å². The summed E-state index contributed by atoms with van der Waals surface area (Å²) in [5.74, 6) is -0.824. The summed E-state index contributed by atoms with van der Waals surface area (Å²) < 4.78 is 1.86. The number of aliphatic carboxylic acids is 1. The smallest absolute Gasteiger partial charge is 0.303 e. The van der Waals surface area contributed by atoms with Crippen LogP contribution in [-0.4, -0.2) is 43.8 Å². The number of anilines is 1. The molecule has 0 fully saturated rings. The summed E-state index contributed by atoms with van der Waals surface area (Å²) in [7, 11) is 0. The van der Waals surface area contributed by atoms with Gasteiger partial charge in [0.2, 0.25) is 16.5 Å². The van der Waals surface area contributed by atoms with Crippen molar-refractivity contribution in [2.75, 3.05) is 11.4 Å². The Labute approximate surface area is 293 Å². The standard InChI is InChI=1S/C39H38N4O8/c1-38(2)29-12-7-9-14-31(29)40(17-11-5-6-16-35(44)45)33(38)21-27-36(46)28(37(27)47)22-34-39(3,4)30-13-8-10-15-32(30)41(34)23-24-18-25(42(48)49)20-26(19-24)43(50)51/h7-10,12-15,18-22,33H,5-6,11,16-17,23H2,1-4H3/p+1. The summed E-state index contributed by atoms with van der Waals surface area (Å²) >= 11 is 0. The molecule has 12 nitrogen and oxygen atoms in total. The van der Waals surface area contributed by atoms with Gasteiger partial charge in [-0.05, 0) is 44.4 Å². The average molecular weight is 692 g/mol. The number of benzene rings is 3. The van der Waals surface area contributed by atoms with E-state index in [9.17, 15) is 34.6 Å². The van der Waals surface area contributed by atoms with Gasteiger partial charge in [0.25, 0.3) is 11.4 Å². The van der Waals surface area contributed by atoms with Crippen molar-refractivity contribution in [2.45, 2.75) is 76.8 Å². The number of nitro groups is 2. The number of nitro benzene ring substituents is 2. The van der Waals surface area contributed by atoms with Crippen molar-refractivity contribution in [3.63, 3.8) is 0 Å². The molecule has 1 unspecified atom stereocenters. The molecule has 0 spiro atoms. The number of rotatable bonds is 12. The number of nitrogens with zero attached hydrogens (tertiary/aromatic N) is 4. The van der Waals surface area contributed by atoms with Gasteiger partial charge in [-0.1, -0.05) is 56.7 Å². The molecule has 51 heavy (non-hydrogen) atoms. The fraction of sp³-hybridized carbons (Fsp3) is 0.333. The van der Waals surface area contributed by atoms with Crippen LogP contribution in [0.25, 0.3) is 12.2 Å². The minimum atomic E-state index is -0.824. The van der Waals surface area contributed by atoms with Crippen LogP contribution in [0, 0.1) is 20.2 Å². The second kappa shape index (κ2) is 13.2. The summed E-state index contributed by atoms with van der Waals surface area (Å²) in [6.07, 6.45) is 5.54. The quantitative estimate of drug-likeness (QED) is 0.0956. The van der Waals surface area contributed by atoms with Crippen LogP contribution in [0.4, 0.5) is 22.7 Å². The zero-order valence-electron chi connectivity index (χ0n) is 28.9. The molecule has 0 aromatic heterocycles. The van der Waals surface area contributed by atoms with Gasteiger partial charge in [0, 0.05) is 59.5 Å². The SMILES string of the molecule is CC1(C)C(C=c2c(=O)c(=CC3N(CCCCCC(=O)O)c4ccccc4C3(C)C)c2=O)=[N+](Cc2cc([N+](=O)[O-])cc([N+](=O)[O-])c2)c2ccccc21. The van der Waals surface area contributed by atoms with Gasteiger partial charge in [-0.2, -0.15) is 4.58 Å². The number of carbonyl (C=O) groups is 1. The molecule has 262 valence electrons. The summed E-state index contributed by atoms with van der Waals surface area (Å²) in [4.78, 5) is 62.9. The third-order valence-electron chi connectivity index (χ3n) is 10.4. The molecule has 0 aliphatic carbocycles. The second-order valence-electron chi connectivity index (χ2n) is 14.4. The predicted octanol–water partition coefficient (Wildman–Crippen LogP) is 4.75. The van der Waals surface area contributed by atoms with Gasteiger partial charge in [-0.15, -0.1) is 0 Å². The lowest BCUT2D eigenvalue weighted by molar-refractivity contribution is -0.454. The monoisotopic (exact) mass is 691 g/mol. The molecule has 2 aliphatic rings. The third kappa shape index (κ3) is 6.26. The number of carboxylic acids is 1. The van der Waals surface area contributed by atoms with Crippen LogP contribution < -0.4 is 26.2 Å². The molecule has 0 saturated heterocycles. The first kappa shape index (κ1) is 35.1. The second-order valence-corrected chi connectivity index (χ2v) is 14.4. The zero-order chi connectivity index (χ0) is 36.8. The van der Waals surface area contributed by atoms with E-state index in [0.717, 1.165) is 41.4 Å². The van der Waals surface area contributed by atoms with Crippen LogP contribution in [0.5, 0.6) is 0 Å². The maximum atomic E-state index is 13.9. The van der Waals surface area contributed by atoms with Gasteiger partial charge in [-0.25, -0.2) is 0 Å². The number of hydrogen-bond acceptors (Lipinski definition) is 8. The van der Waals surface area contributed by atoms with Crippen molar-refractivity contribution in [2.24, 2.45) is 0 Å². The zero-order valence-corrected chi connectivity index (χ0v) is 28.9. The molecule has 6 rings (SSSR count). The van der Waals surface area contributed by atoms with E-state index >= 15 is 0 Å². The predicted molar refractivity (Wildman–Crippen MR) is 194 cm³/mol. The lowest BCUT2D eigenvalue weighted by atomic mass is 9.79. The molecule has 0 saturated carbocycles. The Hall–Kier alpha value is -5.78. The van der Waals surface area contributed by atoms with E-state index in [2.05, 4.69) is 24.8 Å². The number of fused-ring (bicyclic) bond motifs is 2. The molecule has 2 heterocycles. The molecule has 1 N–H and O–H groups in total. The molecular weight excluding hydrogens is 652 g/mol. The molecular formula is C39H39N4O8+. The van der Waals surface area contributed by atoms with Crippen molar-refractivity contribution < 1.29 is 24.3 Å². The van der Waals surface area contributed by atoms with Crippen molar-refractivity contribution in [3.05, 3.63) is 135 Å². The topological polar surface area (TPSA) is 164 Å². The fourth-order valence-electron chi connectivity index (χ4n) is 7.68. The van der Waals surface area contributed by atoms with Gasteiger partial charge >= 0.3 is 5.97 Å². The van der Waals surface area contributed by atoms with Crippen LogP contribution in [0.15, 0.2) is 76.3 Å². The minimum Gasteiger partial charge on any atom is -0.481 e. The Balaban J connectivity index is 1.43. The Kier molecular flexibility index (Phi) is 9.05. The fourth-order valence-corrected chi connectivity index (χ4v) is 7.68. The highest BCUT2D eigenvalue weighted by molar-refractivity contribution is 6.15. The first-order valence-electron chi connectivity index (χ1n) is 16.9. The molecule has 0 bridgehead atoms. The van der Waals surface area contributed by atoms with E-state index < -0.39 is 38.0 Å². The average Bonchev–Trinajstić information content (AvgIpc) is 3.43. The Morgan fingerprint density at radius 1 is 0.863 bits per heavy atom. The minimum absolute atomic E-state index is 0.0284. The van der Waals surface area contributed by atoms with Gasteiger partial charge in [-0.3, -0.25) is 34.6 Å². The summed E-state index contributed by atoms with van der Waals surface area (Å²) in [5, 5.41) is 32.4. The van der Waals surface area contributed by atoms with Crippen molar-refractivity contribution in [1.29, 1.82) is 0 Å². The van der Waals surface area contributed by atoms with E-state index in [4.69, 9.17) is 5.11 Å². The first-order valence-corrected chi connectivity index (χ1v) is 16.9. The number of para-hydroxylation sites is 2. The van der Waals surface area contributed by atoms with Crippen LogP contribution >= 0.6 is 0 Å². The van der Waals surface area contributed by atoms with Crippen molar-refractivity contribution in [3.8, 4) is 0 Å². The van der Waals surface area contributed by atoms with Gasteiger partial charge in [0.1, 0.15) is 0 Å². The number of hydrogen-bond donors (Lipinski definition) is 1. The highest BCUT2D eigenvalue weighted by Gasteiger charge is 2.46. The summed E-state index contributed by atoms with van der Waals surface area (Å²) in [5.41, 5.74) is 2.08. The van der Waals surface area contributed by atoms with E-state index in [1.165, 1.54) is 12.1 Å². The molecule has 0 radical (unpaired) electrons. The molecule has 0 amide bonds. The highest BCUT2D eigenvalue weighted by Crippen LogP contribution is 2.46. The van der Waals surface area contributed by atoms with Crippen LogP contribution in [0.1, 0.15) is 70.1 Å². The Bertz CT molecular complexity index is 2270. The maximum absolute atomic E-state index is 13.9. The van der Waals surface area contributed by atoms with Gasteiger partial charge < -0.3 is 10.0 Å². The number of unbranched alkanes of at least 4 members (excludes halogenated alkanes) is 2. The Morgan fingerprint density at radius 2 is 1.47 bits per heavy atom. The number of non-ortho nitro benzene ring substituents is 2. The van der Waals surface area contributed by atoms with Crippen LogP contribution in [0.2, 0.25) is 0 Å². The van der Waals surface area contributed by atoms with Gasteiger partial charge in [0.05, 0.1) is 37.8 Å². The molecule has 2 aliphatic heterocycles. The van der Waals surface area contributed by atoms with Crippen molar-refractivity contribution in [1.82, 2.24) is 0 Å². The van der Waals surface area contributed by atoms with E-state index in [1.807, 2.05) is 60.9 Å². The summed E-state index contributed by atoms with van der Waals surface area (Å²) in [6.45, 7) is 8.77. The van der Waals surface area contributed by atoms with Crippen LogP contribution in [-0.2, 0) is 22.2 Å². The molecule has 4 aromatic rings. The molecule has 12 heteroatoms. The number of carboxylic acid groups (broad SMARTS) is 1. The largest absolute Gasteiger partial charge is 0.481 e. The normalized spacial score (nSPS) is 16.9. The highest BCUT2D eigenvalue weighted by atomic mass is 16.6. The van der Waals surface area contributed by atoms with E-state index in [0.29, 0.717) is 24.2 Å². The van der Waals surface area contributed by atoms with E-state index in [-0.39, 0.29) is 40.3 Å². The lowest BCUT2D eigenvalue weighted by Gasteiger charge is -2.32. The summed E-state index contributed by atoms with van der Waals surface area (Å²) in [6, 6.07) is 18.8. The Morgan fingerprint density at radius 3 is 2.10 bits per heavy atom. The van der Waals surface area contributed by atoms with Gasteiger partial charge in [0.15, 0.2) is 12.3 Å². The lowest BCUT2D eigenvalue weighted by Crippen LogP contribution is -2.66. The maximum Gasteiger partial charge on any atom is 0.303 e. The van der Waals surface area contributed by atoms with Crippen LogP contribution in [0.3, 0.4) is 0 Å². The molecule has 4 aromatic carbocycles. The first-order chi connectivity index (χ1) is 24.1. The third-order valence-corrected chi connectivity index (χ3v) is 10.4. The molecule has 1 atom stereocenters.